The molecule has 0 aromatic rings. The molecule has 0 radical (unpaired) electrons. The van der Waals surface area contributed by atoms with Gasteiger partial charge in [-0.15, -0.1) is 0 Å². The maximum absolute atomic E-state index is 9.17. The number of hydrogen-bond acceptors (Lipinski definition) is 3. The summed E-state index contributed by atoms with van der Waals surface area (Å²) in [5.74, 6) is 1.34. The van der Waals surface area contributed by atoms with Crippen molar-refractivity contribution in [2.75, 3.05) is 39.4 Å². The lowest BCUT2D eigenvalue weighted by Crippen LogP contribution is -2.32. The molecule has 0 aliphatic carbocycles. The normalized spacial score (nSPS) is 15.1. The number of unbranched alkanes of at least 4 members (excludes halogenated alkanes) is 8. The van der Waals surface area contributed by atoms with Crippen molar-refractivity contribution in [2.24, 2.45) is 0 Å². The summed E-state index contributed by atoms with van der Waals surface area (Å²) in [7, 11) is 0. The molecule has 0 saturated heterocycles. The van der Waals surface area contributed by atoms with E-state index in [0.717, 1.165) is 32.6 Å². The molecule has 2 N–H and O–H groups in total. The average Bonchev–Trinajstić information content (AvgIpc) is 2.89. The first-order valence-electron chi connectivity index (χ1n) is 9.41. The summed E-state index contributed by atoms with van der Waals surface area (Å²) in [6, 6.07) is 0. The summed E-state index contributed by atoms with van der Waals surface area (Å²) in [6.07, 6.45) is 13.3. The Bertz CT molecular complexity index is 305. The zero-order chi connectivity index (χ0) is 16.0. The number of rotatable bonds is 14. The van der Waals surface area contributed by atoms with Crippen molar-refractivity contribution < 1.29 is 14.8 Å². The Kier molecular flexibility index (Phi) is 11.4. The Morgan fingerprint density at radius 3 is 2.14 bits per heavy atom. The van der Waals surface area contributed by atoms with Crippen LogP contribution in [0.3, 0.4) is 0 Å². The summed E-state index contributed by atoms with van der Waals surface area (Å²) < 4.78 is 2.29. The molecule has 4 nitrogen and oxygen atoms in total. The highest BCUT2D eigenvalue weighted by Crippen LogP contribution is 2.13. The van der Waals surface area contributed by atoms with Crippen LogP contribution in [0.25, 0.3) is 0 Å². The van der Waals surface area contributed by atoms with Gasteiger partial charge in [0.05, 0.1) is 13.2 Å². The molecule has 0 saturated carbocycles. The molecule has 22 heavy (non-hydrogen) atoms. The van der Waals surface area contributed by atoms with E-state index in [0.29, 0.717) is 0 Å². The summed E-state index contributed by atoms with van der Waals surface area (Å²) >= 11 is 0. The predicted octanol–water partition coefficient (Wildman–Crippen LogP) is 2.62. The third-order valence-electron chi connectivity index (χ3n) is 4.61. The van der Waals surface area contributed by atoms with Gasteiger partial charge in [-0.2, -0.15) is 0 Å². The van der Waals surface area contributed by atoms with Crippen LogP contribution in [-0.2, 0) is 0 Å². The van der Waals surface area contributed by atoms with Crippen LogP contribution in [0.1, 0.15) is 71.1 Å². The largest absolute Gasteiger partial charge is 0.392 e. The zero-order valence-corrected chi connectivity index (χ0v) is 14.6. The van der Waals surface area contributed by atoms with E-state index < -0.39 is 0 Å². The molecule has 1 aliphatic heterocycles. The van der Waals surface area contributed by atoms with Gasteiger partial charge in [-0.1, -0.05) is 58.3 Å². The van der Waals surface area contributed by atoms with Crippen molar-refractivity contribution in [2.45, 2.75) is 71.1 Å². The fraction of sp³-hybridized carbons (Fsp3) is 0.944. The monoisotopic (exact) mass is 313 g/mol. The lowest BCUT2D eigenvalue weighted by molar-refractivity contribution is -0.521. The SMILES string of the molecule is CCCCCCCCCCCC1=[N+](CCO)CCN1CCO. The van der Waals surface area contributed by atoms with Crippen LogP contribution >= 0.6 is 0 Å². The summed E-state index contributed by atoms with van der Waals surface area (Å²) in [4.78, 5) is 2.29. The van der Waals surface area contributed by atoms with Crippen LogP contribution < -0.4 is 0 Å². The van der Waals surface area contributed by atoms with Gasteiger partial charge in [0, 0.05) is 6.42 Å². The molecule has 0 atom stereocenters. The van der Waals surface area contributed by atoms with Crippen molar-refractivity contribution >= 4 is 5.84 Å². The van der Waals surface area contributed by atoms with Crippen molar-refractivity contribution in [3.63, 3.8) is 0 Å². The van der Waals surface area contributed by atoms with Crippen LogP contribution in [0.2, 0.25) is 0 Å². The Labute approximate surface area is 136 Å². The molecule has 1 aliphatic rings. The van der Waals surface area contributed by atoms with Gasteiger partial charge in [0.25, 0.3) is 0 Å². The van der Waals surface area contributed by atoms with Crippen LogP contribution in [-0.4, -0.2) is 64.9 Å². The minimum absolute atomic E-state index is 0.216. The minimum Gasteiger partial charge on any atom is -0.392 e. The molecule has 0 bridgehead atoms. The average molecular weight is 314 g/mol. The Morgan fingerprint density at radius 1 is 0.909 bits per heavy atom. The highest BCUT2D eigenvalue weighted by Gasteiger charge is 2.28. The van der Waals surface area contributed by atoms with E-state index in [1.807, 2.05) is 0 Å². The second kappa shape index (κ2) is 12.9. The second-order valence-electron chi connectivity index (χ2n) is 6.42. The highest BCUT2D eigenvalue weighted by molar-refractivity contribution is 5.78. The van der Waals surface area contributed by atoms with E-state index in [9.17, 15) is 0 Å². The lowest BCUT2D eigenvalue weighted by Gasteiger charge is -2.12. The molecule has 130 valence electrons. The minimum atomic E-state index is 0.216. The first-order valence-corrected chi connectivity index (χ1v) is 9.41. The van der Waals surface area contributed by atoms with Crippen LogP contribution in [0.4, 0.5) is 0 Å². The lowest BCUT2D eigenvalue weighted by atomic mass is 10.1. The number of amidine groups is 1. The topological polar surface area (TPSA) is 46.7 Å². The number of aliphatic hydroxyl groups is 2. The van der Waals surface area contributed by atoms with Gasteiger partial charge >= 0.3 is 0 Å². The van der Waals surface area contributed by atoms with Crippen molar-refractivity contribution in [1.82, 2.24) is 4.90 Å². The van der Waals surface area contributed by atoms with E-state index in [2.05, 4.69) is 16.4 Å². The summed E-state index contributed by atoms with van der Waals surface area (Å²) in [5, 5.41) is 18.3. The van der Waals surface area contributed by atoms with Crippen LogP contribution in [0.5, 0.6) is 0 Å². The van der Waals surface area contributed by atoms with E-state index in [-0.39, 0.29) is 13.2 Å². The number of nitrogens with zero attached hydrogens (tertiary/aromatic N) is 2. The zero-order valence-electron chi connectivity index (χ0n) is 14.6. The van der Waals surface area contributed by atoms with Gasteiger partial charge in [-0.25, -0.2) is 0 Å². The third kappa shape index (κ3) is 7.59. The Morgan fingerprint density at radius 2 is 1.55 bits per heavy atom. The van der Waals surface area contributed by atoms with Gasteiger partial charge in [0.15, 0.2) is 0 Å². The fourth-order valence-electron chi connectivity index (χ4n) is 3.33. The van der Waals surface area contributed by atoms with Crippen LogP contribution in [0, 0.1) is 0 Å². The van der Waals surface area contributed by atoms with Gasteiger partial charge in [0.2, 0.25) is 5.84 Å². The molecule has 1 heterocycles. The molecule has 0 unspecified atom stereocenters. The number of hydrogen-bond donors (Lipinski definition) is 2. The van der Waals surface area contributed by atoms with E-state index in [4.69, 9.17) is 10.2 Å². The Balaban J connectivity index is 2.16. The number of β-amino-alcohol motifs (C(OH)–C–C–N with tert-alkyl or cyclic N) is 2. The Hall–Kier alpha value is -0.610. The molecule has 4 heteroatoms. The standard InChI is InChI=1S/C18H37N2O2/c1-2-3-4-5-6-7-8-9-10-11-18-19(14-16-21)12-13-20(18)15-17-22/h21-22H,2-17H2,1H3/q+1. The molecule has 0 aromatic heterocycles. The first kappa shape index (κ1) is 19.4. The molecule has 0 spiro atoms. The second-order valence-corrected chi connectivity index (χ2v) is 6.42. The van der Waals surface area contributed by atoms with E-state index in [1.54, 1.807) is 0 Å². The summed E-state index contributed by atoms with van der Waals surface area (Å²) in [5.41, 5.74) is 0. The summed E-state index contributed by atoms with van der Waals surface area (Å²) in [6.45, 7) is 6.15. The van der Waals surface area contributed by atoms with Crippen molar-refractivity contribution in [3.05, 3.63) is 0 Å². The van der Waals surface area contributed by atoms with Gasteiger partial charge in [-0.3, -0.25) is 9.48 Å². The number of aliphatic hydroxyl groups excluding tert-OH is 2. The molecular weight excluding hydrogens is 276 g/mol. The molecule has 1 rings (SSSR count). The molecule has 0 aromatic carbocycles. The fourth-order valence-corrected chi connectivity index (χ4v) is 3.33. The smallest absolute Gasteiger partial charge is 0.247 e. The van der Waals surface area contributed by atoms with E-state index in [1.165, 1.54) is 63.6 Å². The van der Waals surface area contributed by atoms with Crippen molar-refractivity contribution in [3.8, 4) is 0 Å². The maximum Gasteiger partial charge on any atom is 0.247 e. The molecular formula is C18H37N2O2+. The highest BCUT2D eigenvalue weighted by atomic mass is 16.3. The van der Waals surface area contributed by atoms with Gasteiger partial charge in [-0.05, 0) is 6.42 Å². The first-order chi connectivity index (χ1) is 10.8. The van der Waals surface area contributed by atoms with Gasteiger partial charge < -0.3 is 10.2 Å². The predicted molar refractivity (Wildman–Crippen MR) is 92.6 cm³/mol. The van der Waals surface area contributed by atoms with Crippen LogP contribution in [0.15, 0.2) is 0 Å². The molecule has 0 amide bonds. The molecule has 0 fully saturated rings. The van der Waals surface area contributed by atoms with Gasteiger partial charge in [0.1, 0.15) is 26.2 Å². The third-order valence-corrected chi connectivity index (χ3v) is 4.61. The maximum atomic E-state index is 9.17. The van der Waals surface area contributed by atoms with E-state index >= 15 is 0 Å². The quantitative estimate of drug-likeness (QED) is 0.383. The van der Waals surface area contributed by atoms with Crippen molar-refractivity contribution in [1.29, 1.82) is 0 Å².